The van der Waals surface area contributed by atoms with Gasteiger partial charge in [0.2, 0.25) is 0 Å². The highest BCUT2D eigenvalue weighted by Gasteiger charge is 2.09. The zero-order chi connectivity index (χ0) is 17.6. The van der Waals surface area contributed by atoms with Crippen molar-refractivity contribution in [3.05, 3.63) is 89.6 Å². The van der Waals surface area contributed by atoms with Crippen LogP contribution in [0.1, 0.15) is 34.6 Å². The first-order valence-electron chi connectivity index (χ1n) is 8.28. The van der Waals surface area contributed by atoms with Crippen LogP contribution in [0.15, 0.2) is 72.8 Å². The molecule has 1 heterocycles. The summed E-state index contributed by atoms with van der Waals surface area (Å²) < 4.78 is 0. The van der Waals surface area contributed by atoms with Crippen LogP contribution in [-0.2, 0) is 0 Å². The summed E-state index contributed by atoms with van der Waals surface area (Å²) in [4.78, 5) is 16.8. The predicted molar refractivity (Wildman–Crippen MR) is 102 cm³/mol. The van der Waals surface area contributed by atoms with Gasteiger partial charge < -0.3 is 10.6 Å². The van der Waals surface area contributed by atoms with E-state index in [1.165, 1.54) is 0 Å². The molecule has 0 aliphatic heterocycles. The van der Waals surface area contributed by atoms with E-state index in [9.17, 15) is 4.79 Å². The fourth-order valence-corrected chi connectivity index (χ4v) is 2.61. The highest BCUT2D eigenvalue weighted by molar-refractivity contribution is 6.04. The van der Waals surface area contributed by atoms with E-state index in [-0.39, 0.29) is 11.9 Å². The maximum absolute atomic E-state index is 12.3. The van der Waals surface area contributed by atoms with Crippen molar-refractivity contribution in [1.82, 2.24) is 4.98 Å². The largest absolute Gasteiger partial charge is 0.364 e. The summed E-state index contributed by atoms with van der Waals surface area (Å²) in [5.74, 6) is 0.727. The third kappa shape index (κ3) is 4.44. The Bertz CT molecular complexity index is 862. The third-order valence-corrected chi connectivity index (χ3v) is 3.93. The molecule has 0 radical (unpaired) electrons. The van der Waals surface area contributed by atoms with Crippen LogP contribution in [0.3, 0.4) is 0 Å². The number of carbonyl (C=O) groups excluding carboxylic acids is 1. The molecule has 0 spiro atoms. The van der Waals surface area contributed by atoms with Crippen LogP contribution in [0.5, 0.6) is 0 Å². The average molecular weight is 331 g/mol. The zero-order valence-corrected chi connectivity index (χ0v) is 14.4. The standard InChI is InChI=1S/C21H21N3O/c1-15-8-6-13-20(22-15)23-16(2)18-11-7-12-19(14-18)24-21(25)17-9-4-3-5-10-17/h3-14,16H,1-2H3,(H,22,23)(H,24,25). The predicted octanol–water partition coefficient (Wildman–Crippen LogP) is 4.82. The van der Waals surface area contributed by atoms with Crippen molar-refractivity contribution < 1.29 is 4.79 Å². The summed E-state index contributed by atoms with van der Waals surface area (Å²) in [5, 5.41) is 6.33. The summed E-state index contributed by atoms with van der Waals surface area (Å²) in [6, 6.07) is 23.0. The number of nitrogens with zero attached hydrogens (tertiary/aromatic N) is 1. The van der Waals surface area contributed by atoms with E-state index in [4.69, 9.17) is 0 Å². The van der Waals surface area contributed by atoms with Crippen molar-refractivity contribution in [2.24, 2.45) is 0 Å². The summed E-state index contributed by atoms with van der Waals surface area (Å²) in [6.07, 6.45) is 0. The minimum absolute atomic E-state index is 0.0721. The Labute approximate surface area is 147 Å². The summed E-state index contributed by atoms with van der Waals surface area (Å²) in [6.45, 7) is 4.04. The first-order chi connectivity index (χ1) is 12.1. The molecule has 4 heteroatoms. The Balaban J connectivity index is 1.71. The van der Waals surface area contributed by atoms with Gasteiger partial charge in [-0.2, -0.15) is 0 Å². The number of anilines is 2. The molecule has 1 aromatic heterocycles. The van der Waals surface area contributed by atoms with Crippen molar-refractivity contribution in [3.8, 4) is 0 Å². The molecule has 0 aliphatic carbocycles. The second-order valence-electron chi connectivity index (χ2n) is 5.98. The molecule has 2 N–H and O–H groups in total. The average Bonchev–Trinajstić information content (AvgIpc) is 2.62. The first-order valence-corrected chi connectivity index (χ1v) is 8.28. The van der Waals surface area contributed by atoms with Crippen molar-refractivity contribution in [2.75, 3.05) is 10.6 Å². The maximum Gasteiger partial charge on any atom is 0.255 e. The molecule has 126 valence electrons. The van der Waals surface area contributed by atoms with Crippen molar-refractivity contribution in [3.63, 3.8) is 0 Å². The molecule has 25 heavy (non-hydrogen) atoms. The first kappa shape index (κ1) is 16.7. The van der Waals surface area contributed by atoms with Gasteiger partial charge in [0.15, 0.2) is 0 Å². The molecule has 0 saturated carbocycles. The van der Waals surface area contributed by atoms with E-state index in [1.54, 1.807) is 12.1 Å². The van der Waals surface area contributed by atoms with Gasteiger partial charge in [0.1, 0.15) is 5.82 Å². The Hall–Kier alpha value is -3.14. The molecule has 0 fully saturated rings. The smallest absolute Gasteiger partial charge is 0.255 e. The second-order valence-corrected chi connectivity index (χ2v) is 5.98. The number of amides is 1. The Morgan fingerprint density at radius 1 is 0.960 bits per heavy atom. The van der Waals surface area contributed by atoms with E-state index in [1.807, 2.05) is 67.6 Å². The van der Waals surface area contributed by atoms with Crippen LogP contribution < -0.4 is 10.6 Å². The molecule has 1 unspecified atom stereocenters. The number of benzene rings is 2. The number of nitrogens with one attached hydrogen (secondary N) is 2. The summed E-state index contributed by atoms with van der Waals surface area (Å²) >= 11 is 0. The van der Waals surface area contributed by atoms with Gasteiger partial charge in [0.25, 0.3) is 5.91 Å². The van der Waals surface area contributed by atoms with Gasteiger partial charge in [-0.1, -0.05) is 36.4 Å². The van der Waals surface area contributed by atoms with Crippen LogP contribution in [0, 0.1) is 6.92 Å². The molecule has 1 atom stereocenters. The number of hydrogen-bond acceptors (Lipinski definition) is 3. The summed E-state index contributed by atoms with van der Waals surface area (Å²) in [5.41, 5.74) is 3.47. The number of aryl methyl sites for hydroxylation is 1. The molecule has 0 bridgehead atoms. The number of aromatic nitrogens is 1. The SMILES string of the molecule is Cc1cccc(NC(C)c2cccc(NC(=O)c3ccccc3)c2)n1. The van der Waals surface area contributed by atoms with Crippen molar-refractivity contribution >= 4 is 17.4 Å². The highest BCUT2D eigenvalue weighted by atomic mass is 16.1. The molecule has 4 nitrogen and oxygen atoms in total. The Morgan fingerprint density at radius 3 is 2.48 bits per heavy atom. The lowest BCUT2D eigenvalue weighted by Gasteiger charge is -2.16. The van der Waals surface area contributed by atoms with Gasteiger partial charge in [-0.15, -0.1) is 0 Å². The topological polar surface area (TPSA) is 54.0 Å². The normalized spacial score (nSPS) is 11.6. The van der Waals surface area contributed by atoms with Gasteiger partial charge in [-0.05, 0) is 55.8 Å². The quantitative estimate of drug-likeness (QED) is 0.705. The fourth-order valence-electron chi connectivity index (χ4n) is 2.61. The summed E-state index contributed by atoms with van der Waals surface area (Å²) in [7, 11) is 0. The Morgan fingerprint density at radius 2 is 1.72 bits per heavy atom. The third-order valence-electron chi connectivity index (χ3n) is 3.93. The van der Waals surface area contributed by atoms with Gasteiger partial charge in [0.05, 0.1) is 6.04 Å². The molecule has 1 amide bonds. The molecule has 0 aliphatic rings. The molecular formula is C21H21N3O. The minimum atomic E-state index is -0.112. The van der Waals surface area contributed by atoms with Crippen LogP contribution in [-0.4, -0.2) is 10.9 Å². The van der Waals surface area contributed by atoms with Crippen LogP contribution >= 0.6 is 0 Å². The molecular weight excluding hydrogens is 310 g/mol. The van der Waals surface area contributed by atoms with Crippen LogP contribution in [0.25, 0.3) is 0 Å². The fraction of sp³-hybridized carbons (Fsp3) is 0.143. The Kier molecular flexibility index (Phi) is 5.09. The lowest BCUT2D eigenvalue weighted by molar-refractivity contribution is 0.102. The van der Waals surface area contributed by atoms with Gasteiger partial charge in [0, 0.05) is 16.9 Å². The highest BCUT2D eigenvalue weighted by Crippen LogP contribution is 2.21. The van der Waals surface area contributed by atoms with Gasteiger partial charge in [-0.25, -0.2) is 4.98 Å². The molecule has 0 saturated heterocycles. The van der Waals surface area contributed by atoms with E-state index in [0.717, 1.165) is 22.8 Å². The number of pyridine rings is 1. The van der Waals surface area contributed by atoms with Gasteiger partial charge >= 0.3 is 0 Å². The van der Waals surface area contributed by atoms with Gasteiger partial charge in [-0.3, -0.25) is 4.79 Å². The van der Waals surface area contributed by atoms with E-state index >= 15 is 0 Å². The molecule has 3 rings (SSSR count). The van der Waals surface area contributed by atoms with Crippen molar-refractivity contribution in [2.45, 2.75) is 19.9 Å². The second kappa shape index (κ2) is 7.62. The molecule has 3 aromatic rings. The van der Waals surface area contributed by atoms with Crippen LogP contribution in [0.4, 0.5) is 11.5 Å². The maximum atomic E-state index is 12.3. The van der Waals surface area contributed by atoms with E-state index in [2.05, 4.69) is 22.5 Å². The number of rotatable bonds is 5. The van der Waals surface area contributed by atoms with E-state index < -0.39 is 0 Å². The number of carbonyl (C=O) groups is 1. The zero-order valence-electron chi connectivity index (χ0n) is 14.4. The number of hydrogen-bond donors (Lipinski definition) is 2. The van der Waals surface area contributed by atoms with Crippen LogP contribution in [0.2, 0.25) is 0 Å². The lowest BCUT2D eigenvalue weighted by atomic mass is 10.1. The monoisotopic (exact) mass is 331 g/mol. The van der Waals surface area contributed by atoms with E-state index in [0.29, 0.717) is 5.56 Å². The minimum Gasteiger partial charge on any atom is -0.364 e. The van der Waals surface area contributed by atoms with Crippen molar-refractivity contribution in [1.29, 1.82) is 0 Å². The lowest BCUT2D eigenvalue weighted by Crippen LogP contribution is -2.13. The molecule has 2 aromatic carbocycles.